The molecule has 2 aromatic rings. The molecule has 2 nitrogen and oxygen atoms in total. The second kappa shape index (κ2) is 7.60. The fourth-order valence-electron chi connectivity index (χ4n) is 2.22. The number of aliphatic imine (C=N–C) groups is 1. The fourth-order valence-corrected chi connectivity index (χ4v) is 2.22. The summed E-state index contributed by atoms with van der Waals surface area (Å²) in [4.78, 5) is 4.47. The largest absolute Gasteiger partial charge is 0.382 e. The quantitative estimate of drug-likeness (QED) is 0.823. The molecule has 0 saturated carbocycles. The average Bonchev–Trinajstić information content (AvgIpc) is 2.58. The number of aryl methyl sites for hydroxylation is 1. The number of benzene rings is 2. The Hall–Kier alpha value is -2.35. The van der Waals surface area contributed by atoms with Crippen molar-refractivity contribution in [2.45, 2.75) is 33.7 Å². The number of hydrogen-bond donors (Lipinski definition) is 1. The predicted octanol–water partition coefficient (Wildman–Crippen LogP) is 5.05. The first-order chi connectivity index (χ1) is 10.7. The fraction of sp³-hybridized carbons (Fsp3) is 0.250. The Bertz CT molecular complexity index is 649. The molecule has 0 amide bonds. The first kappa shape index (κ1) is 16.0. The van der Waals surface area contributed by atoms with Crippen LogP contribution in [0, 0.1) is 6.92 Å². The molecule has 0 spiro atoms. The summed E-state index contributed by atoms with van der Waals surface area (Å²) < 4.78 is 0. The van der Waals surface area contributed by atoms with E-state index >= 15 is 0 Å². The van der Waals surface area contributed by atoms with Gasteiger partial charge in [0.15, 0.2) is 0 Å². The highest BCUT2D eigenvalue weighted by Crippen LogP contribution is 2.23. The van der Waals surface area contributed by atoms with Crippen LogP contribution in [-0.2, 0) is 0 Å². The van der Waals surface area contributed by atoms with Crippen LogP contribution in [0.1, 0.15) is 31.9 Å². The zero-order chi connectivity index (χ0) is 15.9. The highest BCUT2D eigenvalue weighted by Gasteiger charge is 2.06. The zero-order valence-corrected chi connectivity index (χ0v) is 13.8. The van der Waals surface area contributed by atoms with Gasteiger partial charge >= 0.3 is 0 Å². The Kier molecular flexibility index (Phi) is 5.54. The van der Waals surface area contributed by atoms with E-state index in [1.165, 1.54) is 16.7 Å². The van der Waals surface area contributed by atoms with Gasteiger partial charge in [-0.2, -0.15) is 0 Å². The lowest BCUT2D eigenvalue weighted by atomic mass is 10.0. The van der Waals surface area contributed by atoms with Gasteiger partial charge in [-0.15, -0.1) is 0 Å². The van der Waals surface area contributed by atoms with E-state index in [-0.39, 0.29) is 0 Å². The second-order valence-corrected chi connectivity index (χ2v) is 5.21. The lowest BCUT2D eigenvalue weighted by Crippen LogP contribution is -2.24. The van der Waals surface area contributed by atoms with Crippen molar-refractivity contribution in [2.75, 3.05) is 0 Å². The van der Waals surface area contributed by atoms with Gasteiger partial charge in [-0.3, -0.25) is 4.99 Å². The highest BCUT2D eigenvalue weighted by molar-refractivity contribution is 5.79. The molecule has 2 heteroatoms. The highest BCUT2D eigenvalue weighted by atomic mass is 15.0. The molecule has 0 aromatic heterocycles. The van der Waals surface area contributed by atoms with E-state index in [0.29, 0.717) is 6.04 Å². The predicted molar refractivity (Wildman–Crippen MR) is 97.0 cm³/mol. The first-order valence-electron chi connectivity index (χ1n) is 7.90. The third kappa shape index (κ3) is 3.85. The Morgan fingerprint density at radius 1 is 0.818 bits per heavy atom. The molecule has 3 rings (SSSR count). The van der Waals surface area contributed by atoms with Gasteiger partial charge < -0.3 is 5.32 Å². The van der Waals surface area contributed by atoms with Crippen molar-refractivity contribution in [1.29, 1.82) is 0 Å². The van der Waals surface area contributed by atoms with Gasteiger partial charge in [-0.25, -0.2) is 0 Å². The molecule has 0 aliphatic carbocycles. The lowest BCUT2D eigenvalue weighted by Gasteiger charge is -2.14. The van der Waals surface area contributed by atoms with Crippen molar-refractivity contribution in [3.63, 3.8) is 0 Å². The Morgan fingerprint density at radius 3 is 1.82 bits per heavy atom. The van der Waals surface area contributed by atoms with Crippen LogP contribution in [-0.4, -0.2) is 12.3 Å². The van der Waals surface area contributed by atoms with Crippen molar-refractivity contribution >= 4 is 11.9 Å². The SMILES string of the molecule is CC.Cc1ccc(-c2ccc(C3=CNC(C)C=N3)cc2)cc1. The van der Waals surface area contributed by atoms with E-state index in [2.05, 4.69) is 72.7 Å². The molecule has 22 heavy (non-hydrogen) atoms. The summed E-state index contributed by atoms with van der Waals surface area (Å²) in [5.74, 6) is 0. The van der Waals surface area contributed by atoms with E-state index in [0.717, 1.165) is 11.3 Å². The molecular formula is C20H24N2. The molecule has 0 radical (unpaired) electrons. The van der Waals surface area contributed by atoms with Gasteiger partial charge in [0.25, 0.3) is 0 Å². The minimum Gasteiger partial charge on any atom is -0.382 e. The van der Waals surface area contributed by atoms with Gasteiger partial charge in [-0.05, 0) is 25.0 Å². The smallest absolute Gasteiger partial charge is 0.0855 e. The minimum absolute atomic E-state index is 0.311. The summed E-state index contributed by atoms with van der Waals surface area (Å²) >= 11 is 0. The molecule has 0 fully saturated rings. The third-order valence-corrected chi connectivity index (χ3v) is 3.49. The van der Waals surface area contributed by atoms with Crippen LogP contribution in [0.4, 0.5) is 0 Å². The second-order valence-electron chi connectivity index (χ2n) is 5.21. The van der Waals surface area contributed by atoms with Gasteiger partial charge in [0.2, 0.25) is 0 Å². The van der Waals surface area contributed by atoms with E-state index < -0.39 is 0 Å². The molecule has 0 bridgehead atoms. The molecule has 2 aromatic carbocycles. The van der Waals surface area contributed by atoms with E-state index in [1.807, 2.05) is 26.3 Å². The van der Waals surface area contributed by atoms with Gasteiger partial charge in [0, 0.05) is 18.0 Å². The van der Waals surface area contributed by atoms with Crippen LogP contribution in [0.15, 0.2) is 59.7 Å². The Labute approximate surface area is 133 Å². The van der Waals surface area contributed by atoms with Crippen LogP contribution >= 0.6 is 0 Å². The van der Waals surface area contributed by atoms with Gasteiger partial charge in [-0.1, -0.05) is 67.9 Å². The minimum atomic E-state index is 0.311. The summed E-state index contributed by atoms with van der Waals surface area (Å²) in [5, 5.41) is 3.27. The molecule has 1 unspecified atom stereocenters. The monoisotopic (exact) mass is 292 g/mol. The molecule has 0 saturated heterocycles. The van der Waals surface area contributed by atoms with Gasteiger partial charge in [0.05, 0.1) is 11.7 Å². The summed E-state index contributed by atoms with van der Waals surface area (Å²) in [6.45, 7) is 8.19. The summed E-state index contributed by atoms with van der Waals surface area (Å²) in [6.07, 6.45) is 3.91. The van der Waals surface area contributed by atoms with Crippen molar-refractivity contribution in [2.24, 2.45) is 4.99 Å². The Balaban J connectivity index is 0.000000847. The van der Waals surface area contributed by atoms with Crippen LogP contribution < -0.4 is 5.32 Å². The van der Waals surface area contributed by atoms with E-state index in [1.54, 1.807) is 0 Å². The lowest BCUT2D eigenvalue weighted by molar-refractivity contribution is 0.810. The molecular weight excluding hydrogens is 268 g/mol. The first-order valence-corrected chi connectivity index (χ1v) is 7.90. The normalized spacial score (nSPS) is 16.2. The number of nitrogens with one attached hydrogen (secondary N) is 1. The summed E-state index contributed by atoms with van der Waals surface area (Å²) in [6, 6.07) is 17.4. The molecule has 1 atom stereocenters. The van der Waals surface area contributed by atoms with Crippen LogP contribution in [0.25, 0.3) is 16.8 Å². The third-order valence-electron chi connectivity index (χ3n) is 3.49. The standard InChI is InChI=1S/C18H18N2.C2H6/c1-13-3-5-15(6-4-13)16-7-9-17(10-8-16)18-12-19-14(2)11-20-18;1-2/h3-12,14,19H,1-2H3;1-2H3. The maximum absolute atomic E-state index is 4.47. The number of hydrogen-bond acceptors (Lipinski definition) is 2. The zero-order valence-electron chi connectivity index (χ0n) is 13.8. The van der Waals surface area contributed by atoms with Crippen LogP contribution in [0.3, 0.4) is 0 Å². The van der Waals surface area contributed by atoms with E-state index in [4.69, 9.17) is 0 Å². The number of rotatable bonds is 2. The van der Waals surface area contributed by atoms with Crippen LogP contribution in [0.5, 0.6) is 0 Å². The van der Waals surface area contributed by atoms with E-state index in [9.17, 15) is 0 Å². The summed E-state index contributed by atoms with van der Waals surface area (Å²) in [7, 11) is 0. The van der Waals surface area contributed by atoms with Crippen molar-refractivity contribution in [3.05, 3.63) is 65.9 Å². The molecule has 1 N–H and O–H groups in total. The molecule has 114 valence electrons. The van der Waals surface area contributed by atoms with Crippen molar-refractivity contribution in [1.82, 2.24) is 5.32 Å². The molecule has 1 aliphatic rings. The maximum Gasteiger partial charge on any atom is 0.0855 e. The molecule has 1 aliphatic heterocycles. The van der Waals surface area contributed by atoms with Crippen molar-refractivity contribution < 1.29 is 0 Å². The topological polar surface area (TPSA) is 24.4 Å². The number of nitrogens with zero attached hydrogens (tertiary/aromatic N) is 1. The molecule has 1 heterocycles. The maximum atomic E-state index is 4.47. The Morgan fingerprint density at radius 2 is 1.32 bits per heavy atom. The van der Waals surface area contributed by atoms with Crippen LogP contribution in [0.2, 0.25) is 0 Å². The van der Waals surface area contributed by atoms with Gasteiger partial charge in [0.1, 0.15) is 0 Å². The van der Waals surface area contributed by atoms with Crippen molar-refractivity contribution in [3.8, 4) is 11.1 Å². The summed E-state index contributed by atoms with van der Waals surface area (Å²) in [5.41, 5.74) is 5.88. The average molecular weight is 292 g/mol.